The van der Waals surface area contributed by atoms with E-state index < -0.39 is 6.10 Å². The molecule has 1 unspecified atom stereocenters. The van der Waals surface area contributed by atoms with E-state index in [1.807, 2.05) is 0 Å². The molecular formula is C70H136O6. The molecule has 0 aromatic carbocycles. The summed E-state index contributed by atoms with van der Waals surface area (Å²) in [5, 5.41) is 0. The lowest BCUT2D eigenvalue weighted by Crippen LogP contribution is -2.30. The SMILES string of the molecule is CCCCCCCCCCCCCCCCCCCCCC(=O)O[C@@H](COC(=O)CCCCCCCCCCCCCCCCCCCCC(C)CC)COC(=O)CCCCCCCCCCCCCCCCC(C)C. The third-order valence-corrected chi connectivity index (χ3v) is 16.6. The third-order valence-electron chi connectivity index (χ3n) is 16.6. The second kappa shape index (κ2) is 62.6. The summed E-state index contributed by atoms with van der Waals surface area (Å²) in [5.41, 5.74) is 0. The Labute approximate surface area is 476 Å². The second-order valence-corrected chi connectivity index (χ2v) is 24.9. The van der Waals surface area contributed by atoms with E-state index in [-0.39, 0.29) is 31.1 Å². The molecule has 6 nitrogen and oxygen atoms in total. The van der Waals surface area contributed by atoms with E-state index in [0.29, 0.717) is 19.3 Å². The highest BCUT2D eigenvalue weighted by Gasteiger charge is 2.20. The molecule has 0 spiro atoms. The van der Waals surface area contributed by atoms with E-state index in [0.717, 1.165) is 69.6 Å². The van der Waals surface area contributed by atoms with E-state index >= 15 is 0 Å². The molecule has 0 saturated heterocycles. The molecule has 76 heavy (non-hydrogen) atoms. The van der Waals surface area contributed by atoms with Crippen molar-refractivity contribution < 1.29 is 28.6 Å². The van der Waals surface area contributed by atoms with Gasteiger partial charge in [0.15, 0.2) is 6.10 Å². The van der Waals surface area contributed by atoms with Gasteiger partial charge in [-0.15, -0.1) is 0 Å². The summed E-state index contributed by atoms with van der Waals surface area (Å²) in [7, 11) is 0. The van der Waals surface area contributed by atoms with Gasteiger partial charge in [0.2, 0.25) is 0 Å². The van der Waals surface area contributed by atoms with Crippen LogP contribution in [0.5, 0.6) is 0 Å². The maximum absolute atomic E-state index is 12.9. The molecule has 0 bridgehead atoms. The van der Waals surface area contributed by atoms with Gasteiger partial charge >= 0.3 is 17.9 Å². The number of hydrogen-bond donors (Lipinski definition) is 0. The molecule has 6 heteroatoms. The zero-order valence-corrected chi connectivity index (χ0v) is 52.4. The first-order valence-electron chi connectivity index (χ1n) is 34.8. The minimum Gasteiger partial charge on any atom is -0.462 e. The van der Waals surface area contributed by atoms with Crippen molar-refractivity contribution >= 4 is 17.9 Å². The highest BCUT2D eigenvalue weighted by molar-refractivity contribution is 5.71. The van der Waals surface area contributed by atoms with Crippen LogP contribution in [-0.2, 0) is 28.6 Å². The molecule has 452 valence electrons. The number of hydrogen-bond acceptors (Lipinski definition) is 6. The van der Waals surface area contributed by atoms with Crippen molar-refractivity contribution in [2.24, 2.45) is 11.8 Å². The molecule has 0 saturated carbocycles. The lowest BCUT2D eigenvalue weighted by atomic mass is 9.99. The van der Waals surface area contributed by atoms with Gasteiger partial charge in [0, 0.05) is 19.3 Å². The van der Waals surface area contributed by atoms with E-state index in [9.17, 15) is 14.4 Å². The average molecular weight is 1070 g/mol. The quantitative estimate of drug-likeness (QED) is 0.0343. The van der Waals surface area contributed by atoms with Crippen LogP contribution in [0.1, 0.15) is 401 Å². The lowest BCUT2D eigenvalue weighted by molar-refractivity contribution is -0.167. The molecule has 0 aliphatic carbocycles. The molecule has 0 radical (unpaired) electrons. The van der Waals surface area contributed by atoms with Crippen molar-refractivity contribution in [2.75, 3.05) is 13.2 Å². The van der Waals surface area contributed by atoms with Crippen molar-refractivity contribution in [1.29, 1.82) is 0 Å². The van der Waals surface area contributed by atoms with Gasteiger partial charge in [-0.1, -0.05) is 362 Å². The summed E-state index contributed by atoms with van der Waals surface area (Å²) < 4.78 is 17.0. The van der Waals surface area contributed by atoms with E-state index in [1.54, 1.807) is 0 Å². The molecule has 0 aliphatic heterocycles. The van der Waals surface area contributed by atoms with Crippen LogP contribution in [-0.4, -0.2) is 37.2 Å². The minimum atomic E-state index is -0.764. The largest absolute Gasteiger partial charge is 0.462 e. The number of carbonyl (C=O) groups excluding carboxylic acids is 3. The maximum atomic E-state index is 12.9. The fraction of sp³-hybridized carbons (Fsp3) is 0.957. The Morgan fingerprint density at radius 2 is 0.500 bits per heavy atom. The number of unbranched alkanes of at least 4 members (excludes halogenated alkanes) is 48. The number of esters is 3. The van der Waals surface area contributed by atoms with E-state index in [1.165, 1.54) is 289 Å². The highest BCUT2D eigenvalue weighted by Crippen LogP contribution is 2.20. The first-order valence-corrected chi connectivity index (χ1v) is 34.8. The Balaban J connectivity index is 4.27. The van der Waals surface area contributed by atoms with Crippen molar-refractivity contribution in [3.05, 3.63) is 0 Å². The Morgan fingerprint density at radius 3 is 0.750 bits per heavy atom. The van der Waals surface area contributed by atoms with Crippen LogP contribution in [0.25, 0.3) is 0 Å². The third kappa shape index (κ3) is 61.6. The number of ether oxygens (including phenoxy) is 3. The van der Waals surface area contributed by atoms with Crippen LogP contribution in [0.3, 0.4) is 0 Å². The number of carbonyl (C=O) groups is 3. The van der Waals surface area contributed by atoms with Crippen LogP contribution in [0.2, 0.25) is 0 Å². The van der Waals surface area contributed by atoms with Crippen LogP contribution < -0.4 is 0 Å². The summed E-state index contributed by atoms with van der Waals surface area (Å²) >= 11 is 0. The van der Waals surface area contributed by atoms with Gasteiger partial charge in [0.25, 0.3) is 0 Å². The van der Waals surface area contributed by atoms with Gasteiger partial charge in [-0.2, -0.15) is 0 Å². The average Bonchev–Trinajstić information content (AvgIpc) is 3.41. The van der Waals surface area contributed by atoms with Crippen molar-refractivity contribution in [2.45, 2.75) is 407 Å². The summed E-state index contributed by atoms with van der Waals surface area (Å²) in [6.07, 6.45) is 71.1. The second-order valence-electron chi connectivity index (χ2n) is 24.9. The van der Waals surface area contributed by atoms with Gasteiger partial charge in [-0.3, -0.25) is 14.4 Å². The molecule has 0 amide bonds. The van der Waals surface area contributed by atoms with Gasteiger partial charge in [-0.25, -0.2) is 0 Å². The molecular weight excluding hydrogens is 937 g/mol. The normalized spacial score (nSPS) is 12.4. The molecule has 2 atom stereocenters. The van der Waals surface area contributed by atoms with Gasteiger partial charge in [0.1, 0.15) is 13.2 Å². The highest BCUT2D eigenvalue weighted by atomic mass is 16.6. The fourth-order valence-corrected chi connectivity index (χ4v) is 11.0. The van der Waals surface area contributed by atoms with Crippen molar-refractivity contribution in [1.82, 2.24) is 0 Å². The summed E-state index contributed by atoms with van der Waals surface area (Å²) in [4.78, 5) is 38.4. The molecule has 0 fully saturated rings. The Hall–Kier alpha value is -1.59. The Morgan fingerprint density at radius 1 is 0.276 bits per heavy atom. The Kier molecular flexibility index (Phi) is 61.3. The predicted octanol–water partition coefficient (Wildman–Crippen LogP) is 23.6. The Bertz CT molecular complexity index is 1170. The molecule has 0 aromatic heterocycles. The van der Waals surface area contributed by atoms with Crippen molar-refractivity contribution in [3.63, 3.8) is 0 Å². The van der Waals surface area contributed by atoms with E-state index in [2.05, 4.69) is 34.6 Å². The van der Waals surface area contributed by atoms with E-state index in [4.69, 9.17) is 14.2 Å². The van der Waals surface area contributed by atoms with Gasteiger partial charge < -0.3 is 14.2 Å². The van der Waals surface area contributed by atoms with Crippen LogP contribution >= 0.6 is 0 Å². The first kappa shape index (κ1) is 74.4. The smallest absolute Gasteiger partial charge is 0.306 e. The minimum absolute atomic E-state index is 0.0613. The molecule has 0 heterocycles. The maximum Gasteiger partial charge on any atom is 0.306 e. The fourth-order valence-electron chi connectivity index (χ4n) is 11.0. The van der Waals surface area contributed by atoms with Crippen LogP contribution in [0.15, 0.2) is 0 Å². The topological polar surface area (TPSA) is 78.9 Å². The zero-order chi connectivity index (χ0) is 55.3. The zero-order valence-electron chi connectivity index (χ0n) is 52.4. The van der Waals surface area contributed by atoms with Gasteiger partial charge in [-0.05, 0) is 31.1 Å². The molecule has 0 aromatic rings. The van der Waals surface area contributed by atoms with Crippen molar-refractivity contribution in [3.8, 4) is 0 Å². The monoisotopic (exact) mass is 1070 g/mol. The summed E-state index contributed by atoms with van der Waals surface area (Å²) in [5.74, 6) is 0.930. The predicted molar refractivity (Wildman–Crippen MR) is 330 cm³/mol. The lowest BCUT2D eigenvalue weighted by Gasteiger charge is -2.18. The molecule has 0 aliphatic rings. The van der Waals surface area contributed by atoms with Crippen LogP contribution in [0.4, 0.5) is 0 Å². The molecule has 0 rings (SSSR count). The van der Waals surface area contributed by atoms with Gasteiger partial charge in [0.05, 0.1) is 0 Å². The number of rotatable bonds is 64. The molecule has 0 N–H and O–H groups in total. The standard InChI is InChI=1S/C70H136O6/c1-6-8-9-10-11-12-13-14-15-16-17-22-25-32-37-42-47-52-57-62-70(73)76-67(64-75-69(72)61-56-51-46-41-36-31-27-26-28-33-38-43-48-53-58-65(3)4)63-74-68(71)60-55-50-45-40-35-30-24-21-19-18-20-23-29-34-39-44-49-54-59-66(5)7-2/h65-67H,6-64H2,1-5H3/t66?,67-/m0/s1. The van der Waals surface area contributed by atoms with Crippen LogP contribution in [0, 0.1) is 11.8 Å². The summed E-state index contributed by atoms with van der Waals surface area (Å²) in [6, 6.07) is 0. The first-order chi connectivity index (χ1) is 37.3. The summed E-state index contributed by atoms with van der Waals surface area (Å²) in [6.45, 7) is 11.5.